The molecule has 0 saturated carbocycles. The Balaban J connectivity index is 1.55. The molecule has 1 aromatic heterocycles. The molecule has 0 N–H and O–H groups in total. The van der Waals surface area contributed by atoms with Gasteiger partial charge in [0.05, 0.1) is 13.2 Å². The first-order valence-corrected chi connectivity index (χ1v) is 8.97. The highest BCUT2D eigenvalue weighted by Crippen LogP contribution is 2.19. The van der Waals surface area contributed by atoms with Gasteiger partial charge in [-0.15, -0.1) is 10.2 Å². The van der Waals surface area contributed by atoms with Crippen LogP contribution >= 0.6 is 11.8 Å². The SMILES string of the molecule is Cc1ccc(OCCSc2nnc(C)n2Cc2ccccc2)cc1. The highest BCUT2D eigenvalue weighted by molar-refractivity contribution is 7.99. The minimum Gasteiger partial charge on any atom is -0.493 e. The number of aryl methyl sites for hydroxylation is 2. The third-order valence-corrected chi connectivity index (χ3v) is 4.62. The lowest BCUT2D eigenvalue weighted by Gasteiger charge is -2.09. The maximum atomic E-state index is 5.77. The lowest BCUT2D eigenvalue weighted by molar-refractivity contribution is 0.343. The number of aromatic nitrogens is 3. The number of rotatable bonds is 7. The summed E-state index contributed by atoms with van der Waals surface area (Å²) in [6.07, 6.45) is 0. The van der Waals surface area contributed by atoms with Gasteiger partial charge in [-0.3, -0.25) is 0 Å². The second kappa shape index (κ2) is 8.02. The molecular weight excluding hydrogens is 318 g/mol. The van der Waals surface area contributed by atoms with Crippen LogP contribution in [-0.4, -0.2) is 27.1 Å². The predicted molar refractivity (Wildman–Crippen MR) is 97.7 cm³/mol. The summed E-state index contributed by atoms with van der Waals surface area (Å²) >= 11 is 1.67. The fourth-order valence-electron chi connectivity index (χ4n) is 2.34. The Labute approximate surface area is 146 Å². The van der Waals surface area contributed by atoms with Gasteiger partial charge in [-0.05, 0) is 31.5 Å². The zero-order valence-electron chi connectivity index (χ0n) is 14.0. The largest absolute Gasteiger partial charge is 0.493 e. The van der Waals surface area contributed by atoms with E-state index in [1.807, 2.05) is 25.1 Å². The minimum absolute atomic E-state index is 0.644. The molecule has 0 amide bonds. The van der Waals surface area contributed by atoms with Crippen molar-refractivity contribution in [2.45, 2.75) is 25.5 Å². The molecule has 4 nitrogen and oxygen atoms in total. The van der Waals surface area contributed by atoms with Gasteiger partial charge >= 0.3 is 0 Å². The Hall–Kier alpha value is -2.27. The van der Waals surface area contributed by atoms with Crippen molar-refractivity contribution in [3.05, 3.63) is 71.5 Å². The molecule has 5 heteroatoms. The molecule has 0 aliphatic rings. The average Bonchev–Trinajstić information content (AvgIpc) is 2.94. The molecule has 0 fully saturated rings. The molecule has 0 aliphatic carbocycles. The van der Waals surface area contributed by atoms with Gasteiger partial charge < -0.3 is 9.30 Å². The van der Waals surface area contributed by atoms with E-state index in [2.05, 4.69) is 58.1 Å². The van der Waals surface area contributed by atoms with Gasteiger partial charge in [-0.25, -0.2) is 0 Å². The second-order valence-electron chi connectivity index (χ2n) is 5.61. The fraction of sp³-hybridized carbons (Fsp3) is 0.263. The minimum atomic E-state index is 0.644. The summed E-state index contributed by atoms with van der Waals surface area (Å²) in [6, 6.07) is 18.5. The Morgan fingerprint density at radius 2 is 1.71 bits per heavy atom. The molecule has 0 spiro atoms. The molecule has 0 saturated heterocycles. The van der Waals surface area contributed by atoms with E-state index in [-0.39, 0.29) is 0 Å². The van der Waals surface area contributed by atoms with Gasteiger partial charge in [-0.1, -0.05) is 59.8 Å². The van der Waals surface area contributed by atoms with E-state index in [9.17, 15) is 0 Å². The first-order chi connectivity index (χ1) is 11.7. The first-order valence-electron chi connectivity index (χ1n) is 7.98. The van der Waals surface area contributed by atoms with Gasteiger partial charge in [0.15, 0.2) is 5.16 Å². The van der Waals surface area contributed by atoms with Crippen molar-refractivity contribution in [2.75, 3.05) is 12.4 Å². The van der Waals surface area contributed by atoms with Crippen LogP contribution in [0.15, 0.2) is 59.8 Å². The van der Waals surface area contributed by atoms with Crippen LogP contribution in [0.1, 0.15) is 17.0 Å². The molecule has 0 radical (unpaired) electrons. The monoisotopic (exact) mass is 339 g/mol. The molecule has 124 valence electrons. The van der Waals surface area contributed by atoms with Crippen LogP contribution in [0.2, 0.25) is 0 Å². The third kappa shape index (κ3) is 4.38. The van der Waals surface area contributed by atoms with Gasteiger partial charge in [-0.2, -0.15) is 0 Å². The van der Waals surface area contributed by atoms with Crippen LogP contribution in [-0.2, 0) is 6.54 Å². The lowest BCUT2D eigenvalue weighted by Crippen LogP contribution is -2.06. The summed E-state index contributed by atoms with van der Waals surface area (Å²) in [5.74, 6) is 2.67. The van der Waals surface area contributed by atoms with E-state index >= 15 is 0 Å². The smallest absolute Gasteiger partial charge is 0.191 e. The van der Waals surface area contributed by atoms with Gasteiger partial charge in [0, 0.05) is 5.75 Å². The molecular formula is C19H21N3OS. The summed E-state index contributed by atoms with van der Waals surface area (Å²) in [5.41, 5.74) is 2.49. The van der Waals surface area contributed by atoms with E-state index in [0.717, 1.165) is 29.0 Å². The summed E-state index contributed by atoms with van der Waals surface area (Å²) in [7, 11) is 0. The van der Waals surface area contributed by atoms with Gasteiger partial charge in [0.1, 0.15) is 11.6 Å². The van der Waals surface area contributed by atoms with Crippen molar-refractivity contribution in [3.8, 4) is 5.75 Å². The van der Waals surface area contributed by atoms with Crippen LogP contribution in [0.3, 0.4) is 0 Å². The molecule has 1 heterocycles. The Kier molecular flexibility index (Phi) is 5.54. The molecule has 0 aliphatic heterocycles. The summed E-state index contributed by atoms with van der Waals surface area (Å²) < 4.78 is 7.91. The van der Waals surface area contributed by atoms with E-state index in [1.165, 1.54) is 11.1 Å². The van der Waals surface area contributed by atoms with E-state index in [4.69, 9.17) is 4.74 Å². The number of hydrogen-bond acceptors (Lipinski definition) is 4. The van der Waals surface area contributed by atoms with Crippen molar-refractivity contribution < 1.29 is 4.74 Å². The molecule has 24 heavy (non-hydrogen) atoms. The van der Waals surface area contributed by atoms with Crippen LogP contribution < -0.4 is 4.74 Å². The maximum absolute atomic E-state index is 5.77. The quantitative estimate of drug-likeness (QED) is 0.480. The summed E-state index contributed by atoms with van der Waals surface area (Å²) in [6.45, 7) is 5.50. The highest BCUT2D eigenvalue weighted by atomic mass is 32.2. The second-order valence-corrected chi connectivity index (χ2v) is 6.67. The number of benzene rings is 2. The molecule has 0 atom stereocenters. The fourth-order valence-corrected chi connectivity index (χ4v) is 3.14. The van der Waals surface area contributed by atoms with Crippen LogP contribution in [0.4, 0.5) is 0 Å². The lowest BCUT2D eigenvalue weighted by atomic mass is 10.2. The molecule has 2 aromatic carbocycles. The Morgan fingerprint density at radius 3 is 2.46 bits per heavy atom. The van der Waals surface area contributed by atoms with E-state index in [0.29, 0.717) is 6.61 Å². The van der Waals surface area contributed by atoms with Crippen LogP contribution in [0.25, 0.3) is 0 Å². The maximum Gasteiger partial charge on any atom is 0.191 e. The Morgan fingerprint density at radius 1 is 0.958 bits per heavy atom. The number of hydrogen-bond donors (Lipinski definition) is 0. The van der Waals surface area contributed by atoms with Crippen LogP contribution in [0, 0.1) is 13.8 Å². The zero-order chi connectivity index (χ0) is 16.8. The molecule has 0 bridgehead atoms. The van der Waals surface area contributed by atoms with Crippen LogP contribution in [0.5, 0.6) is 5.75 Å². The van der Waals surface area contributed by atoms with Gasteiger partial charge in [0.2, 0.25) is 0 Å². The van der Waals surface area contributed by atoms with Crippen molar-refractivity contribution in [3.63, 3.8) is 0 Å². The Bertz CT molecular complexity index is 769. The van der Waals surface area contributed by atoms with Crippen molar-refractivity contribution in [1.82, 2.24) is 14.8 Å². The van der Waals surface area contributed by atoms with Gasteiger partial charge in [0.25, 0.3) is 0 Å². The standard InChI is InChI=1S/C19H21N3OS/c1-15-8-10-18(11-9-15)23-12-13-24-19-21-20-16(2)22(19)14-17-6-4-3-5-7-17/h3-11H,12-14H2,1-2H3. The first kappa shape index (κ1) is 16.6. The van der Waals surface area contributed by atoms with Crippen molar-refractivity contribution in [2.24, 2.45) is 0 Å². The summed E-state index contributed by atoms with van der Waals surface area (Å²) in [5, 5.41) is 9.43. The zero-order valence-corrected chi connectivity index (χ0v) is 14.8. The molecule has 0 unspecified atom stereocenters. The summed E-state index contributed by atoms with van der Waals surface area (Å²) in [4.78, 5) is 0. The topological polar surface area (TPSA) is 39.9 Å². The average molecular weight is 339 g/mol. The highest BCUT2D eigenvalue weighted by Gasteiger charge is 2.09. The molecule has 3 rings (SSSR count). The van der Waals surface area contributed by atoms with E-state index in [1.54, 1.807) is 11.8 Å². The number of nitrogens with zero attached hydrogens (tertiary/aromatic N) is 3. The van der Waals surface area contributed by atoms with E-state index < -0.39 is 0 Å². The number of thioether (sulfide) groups is 1. The third-order valence-electron chi connectivity index (χ3n) is 3.69. The molecule has 3 aromatic rings. The normalized spacial score (nSPS) is 10.8. The number of ether oxygens (including phenoxy) is 1. The van der Waals surface area contributed by atoms with Crippen molar-refractivity contribution in [1.29, 1.82) is 0 Å². The van der Waals surface area contributed by atoms with Crippen molar-refractivity contribution >= 4 is 11.8 Å². The predicted octanol–water partition coefficient (Wildman–Crippen LogP) is 4.11.